The number of aliphatic hydroxyl groups excluding tert-OH is 1. The van der Waals surface area contributed by atoms with Crippen LogP contribution < -0.4 is 34.7 Å². The predicted molar refractivity (Wildman–Crippen MR) is 299 cm³/mol. The van der Waals surface area contributed by atoms with Crippen LogP contribution in [-0.4, -0.2) is 156 Å². The molecule has 1 N–H and O–H groups in total. The molecular weight excluding hydrogens is 1140 g/mol. The van der Waals surface area contributed by atoms with Crippen LogP contribution in [0, 0.1) is 0 Å². The van der Waals surface area contributed by atoms with E-state index in [2.05, 4.69) is 0 Å². The normalized spacial score (nSPS) is 10.6. The molecule has 26 heteroatoms. The van der Waals surface area contributed by atoms with Gasteiger partial charge >= 0.3 is 95.2 Å². The van der Waals surface area contributed by atoms with Crippen molar-refractivity contribution >= 4 is 71.6 Å². The minimum atomic E-state index is -1.15. The van der Waals surface area contributed by atoms with Gasteiger partial charge in [0.15, 0.2) is 0 Å². The molecule has 0 saturated heterocycles. The Morgan fingerprint density at radius 3 is 0.430 bits per heavy atom. The molecular formula is C60H97NaO25. The topological polar surface area (TPSA) is 350 Å². The second-order valence-corrected chi connectivity index (χ2v) is 20.0. The number of carboxylic acid groups (broad SMARTS) is 1. The Bertz CT molecular complexity index is 1880. The second kappa shape index (κ2) is 61.3. The summed E-state index contributed by atoms with van der Waals surface area (Å²) in [6.45, 7) is 2.14. The van der Waals surface area contributed by atoms with Crippen molar-refractivity contribution in [1.82, 2.24) is 0 Å². The van der Waals surface area contributed by atoms with E-state index in [-0.39, 0.29) is 222 Å². The van der Waals surface area contributed by atoms with E-state index in [0.717, 1.165) is 0 Å². The standard InChI is InChI=1S/C60H98O25.Na/c61-37-13-14-38-75-51(65)27-3-4-28-52(66)78-41-17-18-42-79-55(69)31-7-8-32-56(70)82-45-21-22-46-83-59(73)35-11-12-36-60(74)85-48-24-23-47-84-58(72)34-10-9-33-57(71)81-44-20-19-43-80-54(68)30-6-5-29-53(67)77-40-16-15-39-76-50(64)26-2-1-25-49(62)63;/h61H,1-48H2,(H,62,63);/q;+1/p-1. The van der Waals surface area contributed by atoms with Gasteiger partial charge in [-0.15, -0.1) is 0 Å². The van der Waals surface area contributed by atoms with E-state index >= 15 is 0 Å². The van der Waals surface area contributed by atoms with E-state index in [0.29, 0.717) is 154 Å². The number of carbonyl (C=O) groups excluding carboxylic acids is 12. The molecule has 0 saturated carbocycles. The number of rotatable bonds is 59. The van der Waals surface area contributed by atoms with E-state index < -0.39 is 35.8 Å². The van der Waals surface area contributed by atoms with Crippen LogP contribution in [-0.2, 0) is 110 Å². The van der Waals surface area contributed by atoms with Gasteiger partial charge in [0.05, 0.1) is 72.7 Å². The molecule has 0 spiro atoms. The molecule has 0 fully saturated rings. The third kappa shape index (κ3) is 61.7. The molecule has 0 atom stereocenters. The monoisotopic (exact) mass is 1240 g/mol. The molecule has 0 heterocycles. The van der Waals surface area contributed by atoms with Crippen molar-refractivity contribution in [3.8, 4) is 0 Å². The first-order valence-corrected chi connectivity index (χ1v) is 30.6. The number of carbonyl (C=O) groups is 12. The second-order valence-electron chi connectivity index (χ2n) is 20.0. The minimum absolute atomic E-state index is 0. The molecule has 25 nitrogen and oxygen atoms in total. The number of aliphatic carboxylic acids is 1. The van der Waals surface area contributed by atoms with E-state index in [1.165, 1.54) is 0 Å². The predicted octanol–water partition coefficient (Wildman–Crippen LogP) is 3.75. The number of hydrogen-bond acceptors (Lipinski definition) is 25. The zero-order valence-corrected chi connectivity index (χ0v) is 53.2. The molecule has 0 aromatic carbocycles. The summed E-state index contributed by atoms with van der Waals surface area (Å²) < 4.78 is 56.8. The summed E-state index contributed by atoms with van der Waals surface area (Å²) in [5.74, 6) is -5.33. The van der Waals surface area contributed by atoms with Gasteiger partial charge in [0, 0.05) is 83.2 Å². The fourth-order valence-corrected chi connectivity index (χ4v) is 7.31. The Hall–Kier alpha value is -5.40. The molecule has 0 aromatic heterocycles. The summed E-state index contributed by atoms with van der Waals surface area (Å²) in [4.78, 5) is 141. The van der Waals surface area contributed by atoms with Gasteiger partial charge in [0.25, 0.3) is 0 Å². The third-order valence-electron chi connectivity index (χ3n) is 12.2. The summed E-state index contributed by atoms with van der Waals surface area (Å²) >= 11 is 0. The van der Waals surface area contributed by atoms with Gasteiger partial charge < -0.3 is 67.1 Å². The van der Waals surface area contributed by atoms with E-state index in [4.69, 9.17) is 57.2 Å². The number of unbranched alkanes of at least 4 members (excludes halogenated alkanes) is 12. The van der Waals surface area contributed by atoms with E-state index in [1.54, 1.807) is 0 Å². The first-order valence-electron chi connectivity index (χ1n) is 30.6. The summed E-state index contributed by atoms with van der Waals surface area (Å²) in [5.41, 5.74) is 0. The average molecular weight is 1240 g/mol. The number of aliphatic hydroxyl groups is 1. The molecule has 0 aromatic rings. The Kier molecular flexibility index (Phi) is 58.9. The fourth-order valence-electron chi connectivity index (χ4n) is 7.31. The maximum atomic E-state index is 12.1. The smallest absolute Gasteiger partial charge is 0.550 e. The zero-order valence-electron chi connectivity index (χ0n) is 51.2. The minimum Gasteiger partial charge on any atom is -0.550 e. The molecule has 0 amide bonds. The van der Waals surface area contributed by atoms with Crippen LogP contribution in [0.5, 0.6) is 0 Å². The molecule has 488 valence electrons. The van der Waals surface area contributed by atoms with Gasteiger partial charge in [0.2, 0.25) is 0 Å². The number of carboxylic acids is 1. The molecule has 0 radical (unpaired) electrons. The van der Waals surface area contributed by atoms with Gasteiger partial charge in [-0.25, -0.2) is 0 Å². The largest absolute Gasteiger partial charge is 1.00 e. The van der Waals surface area contributed by atoms with Gasteiger partial charge in [-0.3, -0.25) is 52.7 Å². The summed E-state index contributed by atoms with van der Waals surface area (Å²) in [7, 11) is 0. The fraction of sp³-hybridized carbons (Fsp3) is 0.800. The number of esters is 11. The Morgan fingerprint density at radius 1 is 0.198 bits per heavy atom. The molecule has 0 rings (SSSR count). The van der Waals surface area contributed by atoms with Crippen LogP contribution in [0.1, 0.15) is 231 Å². The summed E-state index contributed by atoms with van der Waals surface area (Å²) in [6.07, 6.45) is 13.4. The molecule has 0 aliphatic rings. The van der Waals surface area contributed by atoms with E-state index in [9.17, 15) is 62.6 Å². The van der Waals surface area contributed by atoms with Crippen LogP contribution >= 0.6 is 0 Å². The maximum Gasteiger partial charge on any atom is 1.00 e. The maximum absolute atomic E-state index is 12.1. The van der Waals surface area contributed by atoms with Crippen LogP contribution in [0.2, 0.25) is 0 Å². The number of hydrogen-bond donors (Lipinski definition) is 1. The van der Waals surface area contributed by atoms with Gasteiger partial charge in [0.1, 0.15) is 0 Å². The van der Waals surface area contributed by atoms with Crippen molar-refractivity contribution in [1.29, 1.82) is 0 Å². The van der Waals surface area contributed by atoms with Crippen LogP contribution in [0.4, 0.5) is 0 Å². The average Bonchev–Trinajstić information content (AvgIpc) is 3.47. The van der Waals surface area contributed by atoms with Crippen LogP contribution in [0.25, 0.3) is 0 Å². The van der Waals surface area contributed by atoms with Crippen LogP contribution in [0.3, 0.4) is 0 Å². The van der Waals surface area contributed by atoms with E-state index in [1.807, 2.05) is 0 Å². The van der Waals surface area contributed by atoms with Crippen molar-refractivity contribution in [3.63, 3.8) is 0 Å². The Labute approximate surface area is 528 Å². The molecule has 0 unspecified atom stereocenters. The Balaban J connectivity index is 0. The first-order chi connectivity index (χ1) is 41.1. The first kappa shape index (κ1) is 82.7. The zero-order chi connectivity index (χ0) is 62.6. The summed E-state index contributed by atoms with van der Waals surface area (Å²) in [6, 6.07) is 0. The number of ether oxygens (including phenoxy) is 11. The molecule has 0 aliphatic heterocycles. The van der Waals surface area contributed by atoms with Crippen molar-refractivity contribution in [2.45, 2.75) is 231 Å². The van der Waals surface area contributed by atoms with Crippen molar-refractivity contribution in [3.05, 3.63) is 0 Å². The quantitative estimate of drug-likeness (QED) is 0.0392. The van der Waals surface area contributed by atoms with Crippen LogP contribution in [0.15, 0.2) is 0 Å². The van der Waals surface area contributed by atoms with Gasteiger partial charge in [-0.05, 0) is 161 Å². The van der Waals surface area contributed by atoms with Crippen molar-refractivity contribution < 1.29 is 149 Å². The van der Waals surface area contributed by atoms with Gasteiger partial charge in [-0.2, -0.15) is 0 Å². The SMILES string of the molecule is O=C([O-])CCCCC(=O)OCCCCOC(=O)CCCCC(=O)OCCCCOC(=O)CCCCC(=O)OCCCCOC(=O)CCCCC(=O)OCCCCOC(=O)CCCCC(=O)OCCCCOC(=O)CCCCC(=O)OCCCCO.[Na+]. The van der Waals surface area contributed by atoms with Crippen molar-refractivity contribution in [2.75, 3.05) is 79.3 Å². The van der Waals surface area contributed by atoms with Gasteiger partial charge in [-0.1, -0.05) is 0 Å². The summed E-state index contributed by atoms with van der Waals surface area (Å²) in [5, 5.41) is 19.1. The molecule has 0 aliphatic carbocycles. The molecule has 86 heavy (non-hydrogen) atoms. The molecule has 0 bridgehead atoms. The van der Waals surface area contributed by atoms with Crippen molar-refractivity contribution in [2.24, 2.45) is 0 Å². The Morgan fingerprint density at radius 2 is 0.314 bits per heavy atom. The third-order valence-corrected chi connectivity index (χ3v) is 12.2.